The second kappa shape index (κ2) is 11.4. The molecule has 3 nitrogen and oxygen atoms in total. The summed E-state index contributed by atoms with van der Waals surface area (Å²) < 4.78 is 3.42. The van der Waals surface area contributed by atoms with Crippen LogP contribution in [0.25, 0.3) is 76.1 Å². The molecule has 2 aliphatic rings. The maximum Gasteiger partial charge on any atom is 0.182 e. The van der Waals surface area contributed by atoms with Crippen LogP contribution in [-0.4, -0.2) is 14.8 Å². The summed E-state index contributed by atoms with van der Waals surface area (Å²) in [4.78, 5) is 6.64. The Bertz CT molecular complexity index is 2670. The van der Waals surface area contributed by atoms with Gasteiger partial charge in [0.25, 0.3) is 0 Å². The number of fused-ring (bicyclic) bond motifs is 6. The van der Waals surface area contributed by atoms with Crippen LogP contribution in [-0.2, 0) is 12.0 Å². The molecule has 50 heavy (non-hydrogen) atoms. The van der Waals surface area contributed by atoms with E-state index in [0.717, 1.165) is 29.0 Å². The first-order valence-corrected chi connectivity index (χ1v) is 18.1. The molecule has 1 unspecified atom stereocenters. The average Bonchev–Trinajstić information content (AvgIpc) is 3.74. The fourth-order valence-corrected chi connectivity index (χ4v) is 9.32. The number of aromatic nitrogens is 3. The number of rotatable bonds is 5. The number of allylic oxidation sites excluding steroid dienone is 4. The molecule has 0 aliphatic heterocycles. The van der Waals surface area contributed by atoms with Gasteiger partial charge >= 0.3 is 0 Å². The second-order valence-electron chi connectivity index (χ2n) is 13.6. The van der Waals surface area contributed by atoms with Gasteiger partial charge in [-0.05, 0) is 69.6 Å². The lowest BCUT2D eigenvalue weighted by Gasteiger charge is -2.25. The highest BCUT2D eigenvalue weighted by molar-refractivity contribution is 7.23. The summed E-state index contributed by atoms with van der Waals surface area (Å²) in [6.45, 7) is 2.94. The second-order valence-corrected chi connectivity index (χ2v) is 14.6. The Kier molecular flexibility index (Phi) is 6.62. The average molecular weight is 660 g/mol. The molecule has 0 amide bonds. The fraction of sp³-hybridized carbons (Fsp3) is 0.0870. The van der Waals surface area contributed by atoms with Crippen molar-refractivity contribution in [1.29, 1.82) is 0 Å². The summed E-state index contributed by atoms with van der Waals surface area (Å²) in [6.07, 6.45) is 9.64. The molecule has 0 radical (unpaired) electrons. The number of thiophene rings is 1. The molecule has 0 saturated carbocycles. The van der Waals surface area contributed by atoms with Gasteiger partial charge in [0.2, 0.25) is 0 Å². The zero-order valence-corrected chi connectivity index (χ0v) is 28.5. The van der Waals surface area contributed by atoms with Gasteiger partial charge in [0.15, 0.2) is 5.82 Å². The van der Waals surface area contributed by atoms with E-state index in [2.05, 4.69) is 169 Å². The molecule has 10 rings (SSSR count). The minimum Gasteiger partial charge on any atom is -0.244 e. The number of hydrogen-bond acceptors (Lipinski definition) is 3. The first-order chi connectivity index (χ1) is 24.7. The Morgan fingerprint density at radius 3 is 2.02 bits per heavy atom. The van der Waals surface area contributed by atoms with E-state index in [1.165, 1.54) is 64.9 Å². The van der Waals surface area contributed by atoms with Crippen molar-refractivity contribution in [2.45, 2.75) is 25.3 Å². The minimum absolute atomic E-state index is 0.245. The Balaban J connectivity index is 1.19. The highest BCUT2D eigenvalue weighted by Crippen LogP contribution is 2.55. The van der Waals surface area contributed by atoms with Crippen molar-refractivity contribution in [3.8, 4) is 55.2 Å². The summed E-state index contributed by atoms with van der Waals surface area (Å²) in [5, 5.41) is 8.96. The first kappa shape index (κ1) is 29.1. The lowest BCUT2D eigenvalue weighted by molar-refractivity contribution is 0.500. The van der Waals surface area contributed by atoms with Crippen LogP contribution in [0.5, 0.6) is 0 Å². The van der Waals surface area contributed by atoms with E-state index in [0.29, 0.717) is 6.54 Å². The highest BCUT2D eigenvalue weighted by atomic mass is 32.1. The van der Waals surface area contributed by atoms with Gasteiger partial charge in [-0.1, -0.05) is 146 Å². The number of nitrogens with zero attached hydrogens (tertiary/aromatic N) is 3. The summed E-state index contributed by atoms with van der Waals surface area (Å²) in [6, 6.07) is 48.5. The van der Waals surface area contributed by atoms with E-state index in [1.54, 1.807) is 0 Å². The predicted octanol–water partition coefficient (Wildman–Crippen LogP) is 12.1. The Morgan fingerprint density at radius 1 is 0.620 bits per heavy atom. The zero-order valence-electron chi connectivity index (χ0n) is 27.7. The lowest BCUT2D eigenvalue weighted by atomic mass is 9.83. The van der Waals surface area contributed by atoms with E-state index >= 15 is 0 Å². The largest absolute Gasteiger partial charge is 0.244 e. The molecule has 0 saturated heterocycles. The smallest absolute Gasteiger partial charge is 0.182 e. The molecule has 1 atom stereocenters. The normalized spacial score (nSPS) is 16.0. The standard InChI is InChI=1S/C46H33N3S/c1-46(27-12-3-13-28-46)45-47-44(48-49(45)29-30-15-4-2-5-16-30)39-26-25-38(34-20-8-9-21-35(34)39)43-42-37-22-11-10-19-33(37)31-17-6-7-18-32(31)36-23-14-24-40(50-43)41(36)42/h2-27H,28-29H2,1H3. The SMILES string of the molecule is CC1(c2nc(-c3ccc(-c4sc5cccc6c5c4-c4ccccc4-c4ccccc4-6)c4ccccc34)nn2Cc2ccccc2)C=CC=CC1. The molecular weight excluding hydrogens is 627 g/mol. The number of benzene rings is 6. The van der Waals surface area contributed by atoms with Crippen molar-refractivity contribution in [3.63, 3.8) is 0 Å². The van der Waals surface area contributed by atoms with E-state index in [9.17, 15) is 0 Å². The van der Waals surface area contributed by atoms with Crippen LogP contribution in [0.1, 0.15) is 24.7 Å². The third-order valence-corrected chi connectivity index (χ3v) is 11.6. The van der Waals surface area contributed by atoms with E-state index < -0.39 is 0 Å². The molecule has 4 heteroatoms. The van der Waals surface area contributed by atoms with Crippen molar-refractivity contribution in [1.82, 2.24) is 14.8 Å². The van der Waals surface area contributed by atoms with Gasteiger partial charge in [0.1, 0.15) is 5.82 Å². The Labute approximate surface area is 295 Å². The van der Waals surface area contributed by atoms with Crippen molar-refractivity contribution in [3.05, 3.63) is 169 Å². The van der Waals surface area contributed by atoms with Gasteiger partial charge in [-0.15, -0.1) is 11.3 Å². The summed E-state index contributed by atoms with van der Waals surface area (Å²) in [5.74, 6) is 1.75. The molecule has 2 heterocycles. The third kappa shape index (κ3) is 4.49. The quantitative estimate of drug-likeness (QED) is 0.184. The van der Waals surface area contributed by atoms with Crippen LogP contribution in [0.15, 0.2) is 158 Å². The van der Waals surface area contributed by atoms with E-state index in [1.807, 2.05) is 11.3 Å². The van der Waals surface area contributed by atoms with Gasteiger partial charge in [-0.2, -0.15) is 5.10 Å². The molecule has 8 aromatic rings. The van der Waals surface area contributed by atoms with Gasteiger partial charge in [0.05, 0.1) is 6.54 Å². The van der Waals surface area contributed by atoms with Gasteiger partial charge in [-0.3, -0.25) is 0 Å². The zero-order chi connectivity index (χ0) is 33.2. The van der Waals surface area contributed by atoms with Crippen molar-refractivity contribution >= 4 is 32.2 Å². The molecule has 0 fully saturated rings. The van der Waals surface area contributed by atoms with Crippen molar-refractivity contribution in [2.24, 2.45) is 0 Å². The summed E-state index contributed by atoms with van der Waals surface area (Å²) >= 11 is 1.90. The molecule has 0 N–H and O–H groups in total. The predicted molar refractivity (Wildman–Crippen MR) is 209 cm³/mol. The first-order valence-electron chi connectivity index (χ1n) is 17.3. The minimum atomic E-state index is -0.245. The monoisotopic (exact) mass is 659 g/mol. The van der Waals surface area contributed by atoms with Gasteiger partial charge in [0, 0.05) is 37.1 Å². The van der Waals surface area contributed by atoms with Gasteiger partial charge < -0.3 is 0 Å². The molecule has 0 spiro atoms. The summed E-state index contributed by atoms with van der Waals surface area (Å²) in [5.41, 5.74) is 11.0. The molecule has 2 aliphatic carbocycles. The third-order valence-electron chi connectivity index (χ3n) is 10.4. The van der Waals surface area contributed by atoms with Crippen molar-refractivity contribution in [2.75, 3.05) is 0 Å². The van der Waals surface area contributed by atoms with Crippen LogP contribution in [0.2, 0.25) is 0 Å². The maximum atomic E-state index is 5.35. The van der Waals surface area contributed by atoms with Crippen LogP contribution in [0.4, 0.5) is 0 Å². The Hall–Kier alpha value is -5.84. The molecule has 6 aromatic carbocycles. The molecule has 0 bridgehead atoms. The maximum absolute atomic E-state index is 5.35. The molecule has 238 valence electrons. The van der Waals surface area contributed by atoms with Gasteiger partial charge in [-0.25, -0.2) is 9.67 Å². The van der Waals surface area contributed by atoms with Crippen LogP contribution < -0.4 is 0 Å². The fourth-order valence-electron chi connectivity index (χ4n) is 8.04. The Morgan fingerprint density at radius 2 is 1.26 bits per heavy atom. The van der Waals surface area contributed by atoms with Crippen LogP contribution in [0.3, 0.4) is 0 Å². The molecule has 2 aromatic heterocycles. The van der Waals surface area contributed by atoms with Crippen LogP contribution >= 0.6 is 11.3 Å². The topological polar surface area (TPSA) is 30.7 Å². The molecular formula is C46H33N3S. The van der Waals surface area contributed by atoms with E-state index in [-0.39, 0.29) is 5.41 Å². The van der Waals surface area contributed by atoms with Crippen molar-refractivity contribution < 1.29 is 0 Å². The van der Waals surface area contributed by atoms with Crippen LogP contribution in [0, 0.1) is 0 Å². The van der Waals surface area contributed by atoms with E-state index in [4.69, 9.17) is 10.1 Å². The highest BCUT2D eigenvalue weighted by Gasteiger charge is 2.32. The summed E-state index contributed by atoms with van der Waals surface area (Å²) in [7, 11) is 0. The number of hydrogen-bond donors (Lipinski definition) is 0. The lowest BCUT2D eigenvalue weighted by Crippen LogP contribution is -2.25.